The molecule has 0 spiro atoms. The van der Waals surface area contributed by atoms with Crippen LogP contribution >= 0.6 is 11.6 Å². The maximum Gasteiger partial charge on any atom is 0.410 e. The normalized spacial score (nSPS) is 10.6. The quantitative estimate of drug-likeness (QED) is 0.212. The number of Topliss-reactive ketones (excluding diaryl/α,β-unsaturated/α-hetero) is 1. The number of pyridine rings is 1. The van der Waals surface area contributed by atoms with Crippen molar-refractivity contribution in [2.45, 2.75) is 26.2 Å². The zero-order valence-electron chi connectivity index (χ0n) is 20.2. The van der Waals surface area contributed by atoms with Gasteiger partial charge in [-0.1, -0.05) is 84.4 Å². The number of aromatic nitrogens is 1. The van der Waals surface area contributed by atoms with Crippen molar-refractivity contribution in [1.82, 2.24) is 9.88 Å². The molecule has 0 aliphatic rings. The van der Waals surface area contributed by atoms with E-state index in [1.807, 2.05) is 66.7 Å². The highest BCUT2D eigenvalue weighted by Crippen LogP contribution is 2.19. The highest BCUT2D eigenvalue weighted by atomic mass is 35.5. The first-order chi connectivity index (χ1) is 18.0. The summed E-state index contributed by atoms with van der Waals surface area (Å²) in [6.45, 7) is -0.287. The van der Waals surface area contributed by atoms with Gasteiger partial charge in [0.25, 0.3) is 0 Å². The number of carbonyl (C=O) groups is 2. The standard InChI is InChI=1S/C30H27ClN2O4/c31-29-26(12-7-13-32-29)18-33(30(36)37-21-23-10-5-2-6-11-23)19-28(35)27-16-24(15-25(17-27)20-34)14-22-8-3-1-4-9-22/h1-13,15-17,34H,14,18-21H2. The van der Waals surface area contributed by atoms with Crippen LogP contribution in [0.3, 0.4) is 0 Å². The Bertz CT molecular complexity index is 1350. The molecule has 0 radical (unpaired) electrons. The molecule has 1 amide bonds. The number of carbonyl (C=O) groups excluding carboxylic acids is 2. The summed E-state index contributed by atoms with van der Waals surface area (Å²) in [6, 6.07) is 28.0. The van der Waals surface area contributed by atoms with E-state index < -0.39 is 6.09 Å². The average Bonchev–Trinajstić information content (AvgIpc) is 2.93. The van der Waals surface area contributed by atoms with E-state index >= 15 is 0 Å². The summed E-state index contributed by atoms with van der Waals surface area (Å²) in [7, 11) is 0. The average molecular weight is 515 g/mol. The molecule has 1 N–H and O–H groups in total. The first kappa shape index (κ1) is 26.1. The molecule has 0 saturated heterocycles. The Morgan fingerprint density at radius 3 is 2.19 bits per heavy atom. The molecular weight excluding hydrogens is 488 g/mol. The second kappa shape index (κ2) is 12.8. The first-order valence-electron chi connectivity index (χ1n) is 11.9. The minimum absolute atomic E-state index is 0.0581. The number of ketones is 1. The van der Waals surface area contributed by atoms with Crippen LogP contribution in [0, 0.1) is 0 Å². The van der Waals surface area contributed by atoms with Crippen molar-refractivity contribution in [3.8, 4) is 0 Å². The SMILES string of the molecule is O=C(CN(Cc1cccnc1Cl)C(=O)OCc1ccccc1)c1cc(CO)cc(Cc2ccccc2)c1. The third-order valence-electron chi connectivity index (χ3n) is 5.80. The van der Waals surface area contributed by atoms with Gasteiger partial charge >= 0.3 is 6.09 Å². The van der Waals surface area contributed by atoms with Gasteiger partial charge in [-0.15, -0.1) is 0 Å². The van der Waals surface area contributed by atoms with E-state index in [2.05, 4.69) is 4.98 Å². The largest absolute Gasteiger partial charge is 0.445 e. The molecule has 37 heavy (non-hydrogen) atoms. The number of benzene rings is 3. The van der Waals surface area contributed by atoms with Crippen LogP contribution in [0.4, 0.5) is 4.79 Å². The van der Waals surface area contributed by atoms with E-state index in [-0.39, 0.29) is 37.2 Å². The molecule has 0 fully saturated rings. The predicted octanol–water partition coefficient (Wildman–Crippen LogP) is 5.84. The summed E-state index contributed by atoms with van der Waals surface area (Å²) in [5, 5.41) is 10.0. The van der Waals surface area contributed by atoms with Gasteiger partial charge in [0.1, 0.15) is 11.8 Å². The molecule has 188 valence electrons. The van der Waals surface area contributed by atoms with Gasteiger partial charge in [0.05, 0.1) is 19.7 Å². The molecule has 0 aliphatic heterocycles. The predicted molar refractivity (Wildman–Crippen MR) is 142 cm³/mol. The van der Waals surface area contributed by atoms with E-state index in [0.717, 1.165) is 16.7 Å². The topological polar surface area (TPSA) is 79.7 Å². The molecule has 1 aromatic heterocycles. The fourth-order valence-electron chi connectivity index (χ4n) is 3.95. The zero-order valence-corrected chi connectivity index (χ0v) is 21.0. The number of amides is 1. The molecular formula is C30H27ClN2O4. The smallest absolute Gasteiger partial charge is 0.410 e. The van der Waals surface area contributed by atoms with Crippen LogP contribution in [0.25, 0.3) is 0 Å². The fraction of sp³-hybridized carbons (Fsp3) is 0.167. The van der Waals surface area contributed by atoms with E-state index in [1.165, 1.54) is 4.90 Å². The highest BCUT2D eigenvalue weighted by Gasteiger charge is 2.22. The molecule has 6 nitrogen and oxygen atoms in total. The number of halogens is 1. The van der Waals surface area contributed by atoms with Gasteiger partial charge in [-0.25, -0.2) is 9.78 Å². The van der Waals surface area contributed by atoms with Crippen molar-refractivity contribution < 1.29 is 19.4 Å². The minimum atomic E-state index is -0.639. The number of aliphatic hydroxyl groups excluding tert-OH is 1. The van der Waals surface area contributed by atoms with Crippen molar-refractivity contribution >= 4 is 23.5 Å². The fourth-order valence-corrected chi connectivity index (χ4v) is 4.13. The lowest BCUT2D eigenvalue weighted by Crippen LogP contribution is -2.36. The Hall–Kier alpha value is -4.00. The van der Waals surface area contributed by atoms with Gasteiger partial charge < -0.3 is 9.84 Å². The molecule has 3 aromatic carbocycles. The number of aliphatic hydroxyl groups is 1. The summed E-state index contributed by atoms with van der Waals surface area (Å²) in [4.78, 5) is 31.9. The Morgan fingerprint density at radius 1 is 0.838 bits per heavy atom. The molecule has 1 heterocycles. The van der Waals surface area contributed by atoms with Gasteiger partial charge in [0.2, 0.25) is 0 Å². The lowest BCUT2D eigenvalue weighted by Gasteiger charge is -2.22. The van der Waals surface area contributed by atoms with Gasteiger partial charge in [-0.05, 0) is 46.9 Å². The second-order valence-electron chi connectivity index (χ2n) is 8.63. The lowest BCUT2D eigenvalue weighted by atomic mass is 9.98. The van der Waals surface area contributed by atoms with Crippen LogP contribution in [0.15, 0.2) is 97.2 Å². The van der Waals surface area contributed by atoms with Crippen LogP contribution in [0.2, 0.25) is 5.15 Å². The van der Waals surface area contributed by atoms with E-state index in [1.54, 1.807) is 30.5 Å². The summed E-state index contributed by atoms with van der Waals surface area (Å²) in [5.74, 6) is -0.277. The molecule has 0 aliphatic carbocycles. The number of nitrogens with zero attached hydrogens (tertiary/aromatic N) is 2. The van der Waals surface area contributed by atoms with E-state index in [4.69, 9.17) is 16.3 Å². The summed E-state index contributed by atoms with van der Waals surface area (Å²) in [6.07, 6.45) is 1.53. The molecule has 0 bridgehead atoms. The van der Waals surface area contributed by atoms with Crippen LogP contribution in [-0.2, 0) is 30.9 Å². The molecule has 4 rings (SSSR count). The molecule has 4 aromatic rings. The van der Waals surface area contributed by atoms with Crippen molar-refractivity contribution in [1.29, 1.82) is 0 Å². The van der Waals surface area contributed by atoms with Crippen LogP contribution in [0.5, 0.6) is 0 Å². The third-order valence-corrected chi connectivity index (χ3v) is 6.14. The number of hydrogen-bond donors (Lipinski definition) is 1. The summed E-state index contributed by atoms with van der Waals surface area (Å²) >= 11 is 6.23. The molecule has 7 heteroatoms. The van der Waals surface area contributed by atoms with Crippen LogP contribution in [0.1, 0.15) is 38.2 Å². The Morgan fingerprint density at radius 2 is 1.51 bits per heavy atom. The van der Waals surface area contributed by atoms with E-state index in [0.29, 0.717) is 23.1 Å². The lowest BCUT2D eigenvalue weighted by molar-refractivity contribution is 0.0787. The molecule has 0 unspecified atom stereocenters. The van der Waals surface area contributed by atoms with Crippen molar-refractivity contribution in [2.75, 3.05) is 6.54 Å². The van der Waals surface area contributed by atoms with Crippen molar-refractivity contribution in [3.63, 3.8) is 0 Å². The third kappa shape index (κ3) is 7.49. The second-order valence-corrected chi connectivity index (χ2v) is 8.99. The maximum atomic E-state index is 13.4. The molecule has 0 saturated carbocycles. The van der Waals surface area contributed by atoms with E-state index in [9.17, 15) is 14.7 Å². The monoisotopic (exact) mass is 514 g/mol. The van der Waals surface area contributed by atoms with Gasteiger partial charge in [0, 0.05) is 17.3 Å². The summed E-state index contributed by atoms with van der Waals surface area (Å²) in [5.41, 5.74) is 4.47. The highest BCUT2D eigenvalue weighted by molar-refractivity contribution is 6.30. The Balaban J connectivity index is 1.55. The number of ether oxygens (including phenoxy) is 1. The minimum Gasteiger partial charge on any atom is -0.445 e. The van der Waals surface area contributed by atoms with Crippen LogP contribution in [-0.4, -0.2) is 33.4 Å². The number of hydrogen-bond acceptors (Lipinski definition) is 5. The summed E-state index contributed by atoms with van der Waals surface area (Å²) < 4.78 is 5.52. The van der Waals surface area contributed by atoms with Gasteiger partial charge in [0.15, 0.2) is 5.78 Å². The van der Waals surface area contributed by atoms with Gasteiger partial charge in [-0.3, -0.25) is 9.69 Å². The first-order valence-corrected chi connectivity index (χ1v) is 12.3. The van der Waals surface area contributed by atoms with Crippen molar-refractivity contribution in [3.05, 3.63) is 136 Å². The van der Waals surface area contributed by atoms with Crippen LogP contribution < -0.4 is 0 Å². The van der Waals surface area contributed by atoms with Gasteiger partial charge in [-0.2, -0.15) is 0 Å². The molecule has 0 atom stereocenters. The zero-order chi connectivity index (χ0) is 26.0. The van der Waals surface area contributed by atoms with Crippen molar-refractivity contribution in [2.24, 2.45) is 0 Å². The number of rotatable bonds is 10. The Kier molecular flexibility index (Phi) is 9.03. The Labute approximate surface area is 221 Å². The maximum absolute atomic E-state index is 13.4.